The van der Waals surface area contributed by atoms with Crippen molar-refractivity contribution in [3.8, 4) is 11.3 Å². The van der Waals surface area contributed by atoms with Crippen LogP contribution in [0.15, 0.2) is 30.3 Å². The molecule has 4 heteroatoms. The Bertz CT molecular complexity index is 881. The largest absolute Gasteiger partial charge is 0.354 e. The van der Waals surface area contributed by atoms with Gasteiger partial charge in [0, 0.05) is 22.5 Å². The Kier molecular flexibility index (Phi) is 4.67. The van der Waals surface area contributed by atoms with Crippen molar-refractivity contribution >= 4 is 10.9 Å². The van der Waals surface area contributed by atoms with Crippen LogP contribution in [-0.4, -0.2) is 11.5 Å². The third kappa shape index (κ3) is 3.06. The summed E-state index contributed by atoms with van der Waals surface area (Å²) >= 11 is 0. The quantitative estimate of drug-likeness (QED) is 0.635. The van der Waals surface area contributed by atoms with Crippen molar-refractivity contribution in [2.75, 3.05) is 6.54 Å². The molecule has 3 aromatic rings. The molecule has 0 unspecified atom stereocenters. The highest BCUT2D eigenvalue weighted by molar-refractivity contribution is 5.93. The van der Waals surface area contributed by atoms with E-state index in [4.69, 9.17) is 5.73 Å². The van der Waals surface area contributed by atoms with Crippen LogP contribution in [0, 0.1) is 25.5 Å². The third-order valence-electron chi connectivity index (χ3n) is 4.44. The second-order valence-electron chi connectivity index (χ2n) is 6.35. The summed E-state index contributed by atoms with van der Waals surface area (Å²) in [5.74, 6) is -1.11. The molecule has 3 N–H and O–H groups in total. The number of H-pyrrole nitrogens is 1. The molecule has 0 saturated heterocycles. The van der Waals surface area contributed by atoms with E-state index in [0.29, 0.717) is 12.1 Å². The van der Waals surface area contributed by atoms with E-state index in [9.17, 15) is 8.78 Å². The van der Waals surface area contributed by atoms with E-state index in [1.54, 1.807) is 0 Å². The summed E-state index contributed by atoms with van der Waals surface area (Å²) in [4.78, 5) is 3.37. The zero-order chi connectivity index (χ0) is 17.3. The maximum Gasteiger partial charge on any atom is 0.135 e. The number of hydrogen-bond donors (Lipinski definition) is 2. The van der Waals surface area contributed by atoms with Crippen LogP contribution >= 0.6 is 0 Å². The summed E-state index contributed by atoms with van der Waals surface area (Å²) < 4.78 is 27.6. The van der Waals surface area contributed by atoms with Gasteiger partial charge in [-0.25, -0.2) is 8.78 Å². The molecule has 2 nitrogen and oxygen atoms in total. The highest BCUT2D eigenvalue weighted by atomic mass is 19.1. The standard InChI is InChI=1S/C20H22F2N2/c1-12-9-13(2)19-17(10-12)15(5-3-4-8-23)20(24-19)16-7-6-14(21)11-18(16)22/h6-7,9-11,24H,3-5,8,23H2,1-2H3. The van der Waals surface area contributed by atoms with Gasteiger partial charge in [0.25, 0.3) is 0 Å². The molecule has 0 fully saturated rings. The van der Waals surface area contributed by atoms with Gasteiger partial charge in [-0.15, -0.1) is 0 Å². The Morgan fingerprint density at radius 2 is 1.83 bits per heavy atom. The number of nitrogens with two attached hydrogens (primary N) is 1. The first-order chi connectivity index (χ1) is 11.5. The smallest absolute Gasteiger partial charge is 0.135 e. The topological polar surface area (TPSA) is 41.8 Å². The zero-order valence-corrected chi connectivity index (χ0v) is 14.0. The van der Waals surface area contributed by atoms with Gasteiger partial charge < -0.3 is 10.7 Å². The molecular weight excluding hydrogens is 306 g/mol. The van der Waals surface area contributed by atoms with Crippen LogP contribution < -0.4 is 5.73 Å². The minimum atomic E-state index is -0.566. The first-order valence-corrected chi connectivity index (χ1v) is 8.28. The lowest BCUT2D eigenvalue weighted by molar-refractivity contribution is 0.585. The monoisotopic (exact) mass is 328 g/mol. The second kappa shape index (κ2) is 6.73. The Morgan fingerprint density at radius 1 is 1.04 bits per heavy atom. The number of halogens is 2. The van der Waals surface area contributed by atoms with Crippen molar-refractivity contribution in [3.63, 3.8) is 0 Å². The van der Waals surface area contributed by atoms with Crippen LogP contribution in [-0.2, 0) is 6.42 Å². The number of aryl methyl sites for hydroxylation is 3. The molecule has 2 aromatic carbocycles. The van der Waals surface area contributed by atoms with E-state index >= 15 is 0 Å². The molecule has 3 rings (SSSR count). The minimum absolute atomic E-state index is 0.410. The Labute approximate surface area is 140 Å². The Balaban J connectivity index is 2.21. The van der Waals surface area contributed by atoms with Crippen molar-refractivity contribution in [2.45, 2.75) is 33.1 Å². The van der Waals surface area contributed by atoms with Crippen molar-refractivity contribution in [1.29, 1.82) is 0 Å². The number of nitrogens with one attached hydrogen (secondary N) is 1. The number of rotatable bonds is 5. The van der Waals surface area contributed by atoms with E-state index < -0.39 is 11.6 Å². The van der Waals surface area contributed by atoms with Crippen molar-refractivity contribution in [1.82, 2.24) is 4.98 Å². The summed E-state index contributed by atoms with van der Waals surface area (Å²) in [6.07, 6.45) is 2.67. The average molecular weight is 328 g/mol. The number of aromatic nitrogens is 1. The van der Waals surface area contributed by atoms with Gasteiger partial charge in [-0.3, -0.25) is 0 Å². The van der Waals surface area contributed by atoms with Gasteiger partial charge in [-0.2, -0.15) is 0 Å². The van der Waals surface area contributed by atoms with Gasteiger partial charge >= 0.3 is 0 Å². The molecule has 0 atom stereocenters. The third-order valence-corrected chi connectivity index (χ3v) is 4.44. The molecule has 0 saturated carbocycles. The number of hydrogen-bond acceptors (Lipinski definition) is 1. The summed E-state index contributed by atoms with van der Waals surface area (Å²) in [6.45, 7) is 4.74. The molecule has 126 valence electrons. The van der Waals surface area contributed by atoms with Gasteiger partial charge in [-0.05, 0) is 69.0 Å². The van der Waals surface area contributed by atoms with Gasteiger partial charge in [0.05, 0.1) is 5.69 Å². The van der Waals surface area contributed by atoms with Crippen LogP contribution in [0.3, 0.4) is 0 Å². The fourth-order valence-corrected chi connectivity index (χ4v) is 3.33. The molecular formula is C20H22F2N2. The van der Waals surface area contributed by atoms with Crippen molar-refractivity contribution in [3.05, 3.63) is 58.7 Å². The molecule has 0 amide bonds. The normalized spacial score (nSPS) is 11.4. The summed E-state index contributed by atoms with van der Waals surface area (Å²) in [5.41, 5.74) is 11.2. The van der Waals surface area contributed by atoms with E-state index in [-0.39, 0.29) is 0 Å². The number of aromatic amines is 1. The van der Waals surface area contributed by atoms with Gasteiger partial charge in [-0.1, -0.05) is 11.6 Å². The summed E-state index contributed by atoms with van der Waals surface area (Å²) in [5, 5.41) is 1.11. The van der Waals surface area contributed by atoms with Crippen LogP contribution in [0.2, 0.25) is 0 Å². The van der Waals surface area contributed by atoms with E-state index in [2.05, 4.69) is 24.0 Å². The SMILES string of the molecule is Cc1cc(C)c2[nH]c(-c3ccc(F)cc3F)c(CCCCN)c2c1. The average Bonchev–Trinajstić information content (AvgIpc) is 2.86. The summed E-state index contributed by atoms with van der Waals surface area (Å²) in [6, 6.07) is 7.97. The molecule has 1 heterocycles. The minimum Gasteiger partial charge on any atom is -0.354 e. The predicted octanol–water partition coefficient (Wildman–Crippen LogP) is 5.01. The molecule has 0 spiro atoms. The second-order valence-corrected chi connectivity index (χ2v) is 6.35. The van der Waals surface area contributed by atoms with E-state index in [0.717, 1.165) is 53.1 Å². The van der Waals surface area contributed by atoms with E-state index in [1.165, 1.54) is 17.7 Å². The van der Waals surface area contributed by atoms with Gasteiger partial charge in [0.2, 0.25) is 0 Å². The molecule has 1 aromatic heterocycles. The number of fused-ring (bicyclic) bond motifs is 1. The lowest BCUT2D eigenvalue weighted by Crippen LogP contribution is -1.99. The highest BCUT2D eigenvalue weighted by Crippen LogP contribution is 2.35. The maximum absolute atomic E-state index is 14.3. The molecule has 24 heavy (non-hydrogen) atoms. The zero-order valence-electron chi connectivity index (χ0n) is 14.0. The van der Waals surface area contributed by atoms with Crippen LogP contribution in [0.1, 0.15) is 29.5 Å². The lowest BCUT2D eigenvalue weighted by Gasteiger charge is -2.07. The van der Waals surface area contributed by atoms with Crippen LogP contribution in [0.5, 0.6) is 0 Å². The van der Waals surface area contributed by atoms with Crippen molar-refractivity contribution in [2.24, 2.45) is 5.73 Å². The fraction of sp³-hybridized carbons (Fsp3) is 0.300. The molecule has 0 radical (unpaired) electrons. The van der Waals surface area contributed by atoms with Crippen LogP contribution in [0.4, 0.5) is 8.78 Å². The Hall–Kier alpha value is -2.20. The molecule has 0 aliphatic rings. The molecule has 0 bridgehead atoms. The lowest BCUT2D eigenvalue weighted by atomic mass is 9.98. The Morgan fingerprint density at radius 3 is 2.54 bits per heavy atom. The first-order valence-electron chi connectivity index (χ1n) is 8.28. The summed E-state index contributed by atoms with van der Waals surface area (Å²) in [7, 11) is 0. The first kappa shape index (κ1) is 16.7. The van der Waals surface area contributed by atoms with Gasteiger partial charge in [0.15, 0.2) is 0 Å². The number of benzene rings is 2. The van der Waals surface area contributed by atoms with E-state index in [1.807, 2.05) is 6.92 Å². The van der Waals surface area contributed by atoms with Crippen molar-refractivity contribution < 1.29 is 8.78 Å². The maximum atomic E-state index is 14.3. The fourth-order valence-electron chi connectivity index (χ4n) is 3.33. The van der Waals surface area contributed by atoms with Crippen LogP contribution in [0.25, 0.3) is 22.2 Å². The predicted molar refractivity (Wildman–Crippen MR) is 95.1 cm³/mol. The molecule has 0 aliphatic heterocycles. The number of unbranched alkanes of at least 4 members (excludes halogenated alkanes) is 1. The van der Waals surface area contributed by atoms with Gasteiger partial charge in [0.1, 0.15) is 11.6 Å². The molecule has 0 aliphatic carbocycles. The highest BCUT2D eigenvalue weighted by Gasteiger charge is 2.17.